The van der Waals surface area contributed by atoms with Crippen LogP contribution < -0.4 is 10.2 Å². The van der Waals surface area contributed by atoms with Crippen molar-refractivity contribution in [1.29, 1.82) is 0 Å². The van der Waals surface area contributed by atoms with Gasteiger partial charge in [-0.1, -0.05) is 6.07 Å². The van der Waals surface area contributed by atoms with Gasteiger partial charge in [0.25, 0.3) is 0 Å². The molecule has 1 aromatic rings. The number of halogens is 1. The summed E-state index contributed by atoms with van der Waals surface area (Å²) in [7, 11) is 0. The molecule has 0 aliphatic carbocycles. The Morgan fingerprint density at radius 2 is 2.24 bits per heavy atom. The Morgan fingerprint density at radius 3 is 3.00 bits per heavy atom. The van der Waals surface area contributed by atoms with E-state index in [4.69, 9.17) is 0 Å². The monoisotopic (exact) mass is 292 g/mol. The number of fused-ring (bicyclic) bond motifs is 1. The van der Waals surface area contributed by atoms with Crippen LogP contribution in [0.25, 0.3) is 0 Å². The molecule has 21 heavy (non-hydrogen) atoms. The van der Waals surface area contributed by atoms with Gasteiger partial charge in [-0.05, 0) is 37.8 Å². The number of hydrogen-bond acceptors (Lipinski definition) is 3. The molecule has 2 N–H and O–H groups in total. The van der Waals surface area contributed by atoms with Crippen LogP contribution in [0.4, 0.5) is 10.1 Å². The first kappa shape index (κ1) is 14.3. The van der Waals surface area contributed by atoms with E-state index in [0.717, 1.165) is 31.6 Å². The minimum absolute atomic E-state index is 0.139. The highest BCUT2D eigenvalue weighted by atomic mass is 19.1. The van der Waals surface area contributed by atoms with Gasteiger partial charge in [-0.2, -0.15) is 0 Å². The smallest absolute Gasteiger partial charge is 0.220 e. The summed E-state index contributed by atoms with van der Waals surface area (Å²) >= 11 is 0. The second kappa shape index (κ2) is 5.64. The Bertz CT molecular complexity index is 547. The first-order valence-corrected chi connectivity index (χ1v) is 7.57. The minimum Gasteiger partial charge on any atom is -0.389 e. The van der Waals surface area contributed by atoms with Gasteiger partial charge in [-0.25, -0.2) is 4.39 Å². The standard InChI is InChI=1S/C16H21FN2O2/c1-10(20)16-12(17)3-2-4-14(16)19-8-7-13-11(9-19)5-6-15(21)18-13/h2-4,10-11,13,20H,5-9H2,1H3,(H,18,21)/t10-,11?,13?/m0/s1. The number of rotatable bonds is 2. The molecule has 2 fully saturated rings. The third-order valence-electron chi connectivity index (χ3n) is 4.61. The molecule has 3 atom stereocenters. The molecule has 0 bridgehead atoms. The van der Waals surface area contributed by atoms with E-state index in [1.54, 1.807) is 13.0 Å². The zero-order valence-electron chi connectivity index (χ0n) is 12.2. The van der Waals surface area contributed by atoms with E-state index in [1.807, 2.05) is 6.07 Å². The number of nitrogens with one attached hydrogen (secondary N) is 1. The molecule has 5 heteroatoms. The molecule has 0 spiro atoms. The van der Waals surface area contributed by atoms with Crippen molar-refractivity contribution in [2.45, 2.75) is 38.3 Å². The quantitative estimate of drug-likeness (QED) is 0.876. The lowest BCUT2D eigenvalue weighted by Gasteiger charge is -2.43. The van der Waals surface area contributed by atoms with Crippen LogP contribution in [-0.4, -0.2) is 30.1 Å². The summed E-state index contributed by atoms with van der Waals surface area (Å²) < 4.78 is 14.0. The van der Waals surface area contributed by atoms with Crippen molar-refractivity contribution in [2.24, 2.45) is 5.92 Å². The predicted octanol–water partition coefficient (Wildman–Crippen LogP) is 1.98. The molecule has 2 heterocycles. The van der Waals surface area contributed by atoms with E-state index >= 15 is 0 Å². The van der Waals surface area contributed by atoms with Crippen LogP contribution in [0.15, 0.2) is 18.2 Å². The predicted molar refractivity (Wildman–Crippen MR) is 78.5 cm³/mol. The Balaban J connectivity index is 1.83. The number of nitrogens with zero attached hydrogens (tertiary/aromatic N) is 1. The molecule has 0 radical (unpaired) electrons. The molecule has 1 amide bonds. The number of amides is 1. The summed E-state index contributed by atoms with van der Waals surface area (Å²) in [6, 6.07) is 5.18. The molecule has 4 nitrogen and oxygen atoms in total. The van der Waals surface area contributed by atoms with E-state index in [-0.39, 0.29) is 17.8 Å². The van der Waals surface area contributed by atoms with E-state index < -0.39 is 6.10 Å². The van der Waals surface area contributed by atoms with Gasteiger partial charge in [-0.3, -0.25) is 4.79 Å². The normalized spacial score (nSPS) is 27.0. The third kappa shape index (κ3) is 2.75. The second-order valence-corrected chi connectivity index (χ2v) is 6.06. The third-order valence-corrected chi connectivity index (χ3v) is 4.61. The highest BCUT2D eigenvalue weighted by molar-refractivity contribution is 5.77. The Morgan fingerprint density at radius 1 is 1.43 bits per heavy atom. The van der Waals surface area contributed by atoms with E-state index in [2.05, 4.69) is 10.2 Å². The van der Waals surface area contributed by atoms with Crippen molar-refractivity contribution >= 4 is 11.6 Å². The Labute approximate surface area is 124 Å². The van der Waals surface area contributed by atoms with E-state index in [1.165, 1.54) is 6.07 Å². The fourth-order valence-electron chi connectivity index (χ4n) is 3.54. The zero-order chi connectivity index (χ0) is 15.0. The Hall–Kier alpha value is -1.62. The summed E-state index contributed by atoms with van der Waals surface area (Å²) in [4.78, 5) is 13.6. The number of piperidine rings is 2. The lowest BCUT2D eigenvalue weighted by molar-refractivity contribution is -0.124. The maximum absolute atomic E-state index is 14.0. The number of aliphatic hydroxyl groups is 1. The van der Waals surface area contributed by atoms with Crippen LogP contribution in [0.3, 0.4) is 0 Å². The van der Waals surface area contributed by atoms with Crippen molar-refractivity contribution in [3.8, 4) is 0 Å². The van der Waals surface area contributed by atoms with Crippen LogP contribution in [0.1, 0.15) is 37.9 Å². The van der Waals surface area contributed by atoms with Gasteiger partial charge in [0, 0.05) is 36.8 Å². The van der Waals surface area contributed by atoms with Crippen LogP contribution in [0, 0.1) is 11.7 Å². The molecule has 2 saturated heterocycles. The first-order chi connectivity index (χ1) is 10.1. The average molecular weight is 292 g/mol. The fourth-order valence-corrected chi connectivity index (χ4v) is 3.54. The van der Waals surface area contributed by atoms with Crippen molar-refractivity contribution in [3.05, 3.63) is 29.6 Å². The molecule has 2 aliphatic rings. The second-order valence-electron chi connectivity index (χ2n) is 6.06. The minimum atomic E-state index is -0.829. The molecule has 2 aliphatic heterocycles. The summed E-state index contributed by atoms with van der Waals surface area (Å²) in [5, 5.41) is 12.9. The molecule has 1 aromatic carbocycles. The molecular weight excluding hydrogens is 271 g/mol. The number of hydrogen-bond donors (Lipinski definition) is 2. The van der Waals surface area contributed by atoms with Gasteiger partial charge in [0.2, 0.25) is 5.91 Å². The van der Waals surface area contributed by atoms with Gasteiger partial charge in [0.05, 0.1) is 6.10 Å². The molecule has 2 unspecified atom stereocenters. The van der Waals surface area contributed by atoms with Crippen LogP contribution >= 0.6 is 0 Å². The van der Waals surface area contributed by atoms with Crippen molar-refractivity contribution < 1.29 is 14.3 Å². The maximum atomic E-state index is 14.0. The van der Waals surface area contributed by atoms with E-state index in [9.17, 15) is 14.3 Å². The first-order valence-electron chi connectivity index (χ1n) is 7.57. The van der Waals surface area contributed by atoms with Gasteiger partial charge in [-0.15, -0.1) is 0 Å². The van der Waals surface area contributed by atoms with Crippen molar-refractivity contribution in [1.82, 2.24) is 5.32 Å². The summed E-state index contributed by atoms with van der Waals surface area (Å²) in [5.74, 6) is 0.184. The maximum Gasteiger partial charge on any atom is 0.220 e. The van der Waals surface area contributed by atoms with Crippen molar-refractivity contribution in [2.75, 3.05) is 18.0 Å². The largest absolute Gasteiger partial charge is 0.389 e. The Kier molecular flexibility index (Phi) is 3.85. The van der Waals surface area contributed by atoms with E-state index in [0.29, 0.717) is 17.9 Å². The number of benzene rings is 1. The summed E-state index contributed by atoms with van der Waals surface area (Å²) in [6.07, 6.45) is 1.49. The zero-order valence-corrected chi connectivity index (χ0v) is 12.2. The molecule has 0 aromatic heterocycles. The highest BCUT2D eigenvalue weighted by Crippen LogP contribution is 2.34. The van der Waals surface area contributed by atoms with Gasteiger partial charge < -0.3 is 15.3 Å². The molecular formula is C16H21FN2O2. The number of anilines is 1. The summed E-state index contributed by atoms with van der Waals surface area (Å²) in [6.45, 7) is 3.16. The molecule has 114 valence electrons. The average Bonchev–Trinajstić information content (AvgIpc) is 2.46. The number of carbonyl (C=O) groups is 1. The van der Waals surface area contributed by atoms with Crippen LogP contribution in [0.2, 0.25) is 0 Å². The van der Waals surface area contributed by atoms with Crippen LogP contribution in [-0.2, 0) is 4.79 Å². The lowest BCUT2D eigenvalue weighted by Crippen LogP contribution is -2.54. The SMILES string of the molecule is C[C@H](O)c1c(F)cccc1N1CCC2NC(=O)CCC2C1. The molecule has 0 saturated carbocycles. The topological polar surface area (TPSA) is 52.6 Å². The van der Waals surface area contributed by atoms with Gasteiger partial charge in [0.1, 0.15) is 5.82 Å². The van der Waals surface area contributed by atoms with Crippen LogP contribution in [0.5, 0.6) is 0 Å². The number of aliphatic hydroxyl groups excluding tert-OH is 1. The fraction of sp³-hybridized carbons (Fsp3) is 0.562. The molecule has 3 rings (SSSR count). The number of carbonyl (C=O) groups excluding carboxylic acids is 1. The van der Waals surface area contributed by atoms with Gasteiger partial charge in [0.15, 0.2) is 0 Å². The lowest BCUT2D eigenvalue weighted by atomic mass is 9.84. The van der Waals surface area contributed by atoms with Crippen molar-refractivity contribution in [3.63, 3.8) is 0 Å². The highest BCUT2D eigenvalue weighted by Gasteiger charge is 2.34. The van der Waals surface area contributed by atoms with Gasteiger partial charge >= 0.3 is 0 Å². The summed E-state index contributed by atoms with van der Waals surface area (Å²) in [5.41, 5.74) is 1.15.